The van der Waals surface area contributed by atoms with Crippen molar-refractivity contribution in [2.45, 2.75) is 25.3 Å². The molecule has 1 N–H and O–H groups in total. The highest BCUT2D eigenvalue weighted by atomic mass is 32.2. The van der Waals surface area contributed by atoms with Gasteiger partial charge in [-0.3, -0.25) is 14.9 Å². The number of benzene rings is 1. The number of hydrogen-bond acceptors (Lipinski definition) is 6. The monoisotopic (exact) mass is 353 g/mol. The van der Waals surface area contributed by atoms with Gasteiger partial charge in [0, 0.05) is 31.3 Å². The standard InChI is InChI=1S/C15H19N3O5S/c19-15(16-11-5-8-24(22,23)10-11)13-9-12(18(20)21)3-4-14(13)17-6-1-2-7-17/h3-4,9,11H,1-2,5-8,10H2,(H,16,19). The van der Waals surface area contributed by atoms with Crippen LogP contribution < -0.4 is 10.2 Å². The van der Waals surface area contributed by atoms with Crippen LogP contribution in [0, 0.1) is 10.1 Å². The van der Waals surface area contributed by atoms with Crippen molar-refractivity contribution in [2.24, 2.45) is 0 Å². The molecule has 0 radical (unpaired) electrons. The van der Waals surface area contributed by atoms with Crippen LogP contribution >= 0.6 is 0 Å². The highest BCUT2D eigenvalue weighted by Gasteiger charge is 2.30. The summed E-state index contributed by atoms with van der Waals surface area (Å²) in [5, 5.41) is 13.7. The van der Waals surface area contributed by atoms with Gasteiger partial charge in [0.15, 0.2) is 9.84 Å². The van der Waals surface area contributed by atoms with E-state index in [4.69, 9.17) is 0 Å². The number of carbonyl (C=O) groups excluding carboxylic acids is 1. The largest absolute Gasteiger partial charge is 0.371 e. The zero-order valence-electron chi connectivity index (χ0n) is 13.1. The van der Waals surface area contributed by atoms with E-state index >= 15 is 0 Å². The summed E-state index contributed by atoms with van der Waals surface area (Å²) in [5.41, 5.74) is 0.744. The first-order chi connectivity index (χ1) is 11.4. The fourth-order valence-corrected chi connectivity index (χ4v) is 4.90. The van der Waals surface area contributed by atoms with E-state index in [2.05, 4.69) is 5.32 Å². The molecule has 0 bridgehead atoms. The highest BCUT2D eigenvalue weighted by Crippen LogP contribution is 2.28. The molecule has 0 saturated carbocycles. The van der Waals surface area contributed by atoms with Crippen LogP contribution in [0.4, 0.5) is 11.4 Å². The van der Waals surface area contributed by atoms with Crippen molar-refractivity contribution >= 4 is 27.1 Å². The van der Waals surface area contributed by atoms with Crippen LogP contribution in [0.2, 0.25) is 0 Å². The lowest BCUT2D eigenvalue weighted by Crippen LogP contribution is -2.36. The normalized spacial score (nSPS) is 22.5. The van der Waals surface area contributed by atoms with Crippen molar-refractivity contribution in [2.75, 3.05) is 29.5 Å². The smallest absolute Gasteiger partial charge is 0.270 e. The minimum Gasteiger partial charge on any atom is -0.371 e. The molecule has 24 heavy (non-hydrogen) atoms. The molecule has 1 aromatic carbocycles. The maximum absolute atomic E-state index is 12.6. The third-order valence-corrected chi connectivity index (χ3v) is 6.22. The predicted octanol–water partition coefficient (Wildman–Crippen LogP) is 1.11. The Labute approximate surface area is 139 Å². The minimum atomic E-state index is -3.10. The molecule has 2 aliphatic heterocycles. The second-order valence-electron chi connectivity index (χ2n) is 6.23. The number of non-ortho nitro benzene ring substituents is 1. The fourth-order valence-electron chi connectivity index (χ4n) is 3.23. The van der Waals surface area contributed by atoms with Gasteiger partial charge in [-0.15, -0.1) is 0 Å². The Morgan fingerprint density at radius 3 is 2.58 bits per heavy atom. The van der Waals surface area contributed by atoms with E-state index in [9.17, 15) is 23.3 Å². The van der Waals surface area contributed by atoms with Crippen molar-refractivity contribution in [1.82, 2.24) is 5.32 Å². The van der Waals surface area contributed by atoms with Gasteiger partial charge in [-0.05, 0) is 25.3 Å². The zero-order valence-corrected chi connectivity index (χ0v) is 13.9. The van der Waals surface area contributed by atoms with Crippen LogP contribution in [-0.2, 0) is 9.84 Å². The number of hydrogen-bond donors (Lipinski definition) is 1. The topological polar surface area (TPSA) is 110 Å². The average molecular weight is 353 g/mol. The Bertz CT molecular complexity index is 771. The first-order valence-corrected chi connectivity index (χ1v) is 9.72. The van der Waals surface area contributed by atoms with Crippen LogP contribution in [0.25, 0.3) is 0 Å². The van der Waals surface area contributed by atoms with Gasteiger partial charge in [-0.2, -0.15) is 0 Å². The summed E-state index contributed by atoms with van der Waals surface area (Å²) in [7, 11) is -3.10. The van der Waals surface area contributed by atoms with E-state index < -0.39 is 26.7 Å². The maximum Gasteiger partial charge on any atom is 0.270 e. The first-order valence-electron chi connectivity index (χ1n) is 7.90. The molecule has 2 fully saturated rings. The molecule has 1 unspecified atom stereocenters. The SMILES string of the molecule is O=C(NC1CCS(=O)(=O)C1)c1cc([N+](=O)[O-])ccc1N1CCCC1. The van der Waals surface area contributed by atoms with Gasteiger partial charge in [0.25, 0.3) is 11.6 Å². The van der Waals surface area contributed by atoms with E-state index in [1.54, 1.807) is 6.07 Å². The Morgan fingerprint density at radius 1 is 1.29 bits per heavy atom. The van der Waals surface area contributed by atoms with E-state index in [0.717, 1.165) is 25.9 Å². The maximum atomic E-state index is 12.6. The number of nitro benzene ring substituents is 1. The molecule has 2 saturated heterocycles. The van der Waals surface area contributed by atoms with Gasteiger partial charge in [0.2, 0.25) is 0 Å². The number of nitrogens with zero attached hydrogens (tertiary/aromatic N) is 2. The average Bonchev–Trinajstić information content (AvgIpc) is 3.16. The van der Waals surface area contributed by atoms with E-state index in [1.807, 2.05) is 4.90 Å². The van der Waals surface area contributed by atoms with Gasteiger partial charge < -0.3 is 10.2 Å². The minimum absolute atomic E-state index is 0.0614. The summed E-state index contributed by atoms with van der Waals surface area (Å²) in [6.45, 7) is 1.60. The van der Waals surface area contributed by atoms with Gasteiger partial charge in [0.05, 0.1) is 27.7 Å². The Balaban J connectivity index is 1.87. The van der Waals surface area contributed by atoms with Crippen LogP contribution in [0.3, 0.4) is 0 Å². The molecule has 2 heterocycles. The summed E-state index contributed by atoms with van der Waals surface area (Å²) in [4.78, 5) is 25.1. The van der Waals surface area contributed by atoms with Crippen molar-refractivity contribution in [3.05, 3.63) is 33.9 Å². The van der Waals surface area contributed by atoms with Crippen LogP contribution in [0.5, 0.6) is 0 Å². The van der Waals surface area contributed by atoms with E-state index in [1.165, 1.54) is 12.1 Å². The lowest BCUT2D eigenvalue weighted by molar-refractivity contribution is -0.384. The van der Waals surface area contributed by atoms with Gasteiger partial charge >= 0.3 is 0 Å². The first kappa shape index (κ1) is 16.7. The van der Waals surface area contributed by atoms with Crippen molar-refractivity contribution < 1.29 is 18.1 Å². The zero-order chi connectivity index (χ0) is 17.3. The Hall–Kier alpha value is -2.16. The second-order valence-corrected chi connectivity index (χ2v) is 8.45. The summed E-state index contributed by atoms with van der Waals surface area (Å²) in [5.74, 6) is -0.471. The Kier molecular flexibility index (Phi) is 4.44. The van der Waals surface area contributed by atoms with Crippen LogP contribution in [0.1, 0.15) is 29.6 Å². The molecule has 1 aromatic rings. The summed E-state index contributed by atoms with van der Waals surface area (Å²) in [6, 6.07) is 3.83. The Morgan fingerprint density at radius 2 is 2.00 bits per heavy atom. The molecule has 3 rings (SSSR count). The number of nitrogens with one attached hydrogen (secondary N) is 1. The number of nitro groups is 1. The summed E-state index contributed by atoms with van der Waals surface area (Å²) < 4.78 is 23.1. The fraction of sp³-hybridized carbons (Fsp3) is 0.533. The molecular weight excluding hydrogens is 334 g/mol. The second kappa shape index (κ2) is 6.39. The summed E-state index contributed by atoms with van der Waals surface area (Å²) in [6.07, 6.45) is 2.40. The van der Waals surface area contributed by atoms with E-state index in [0.29, 0.717) is 12.1 Å². The van der Waals surface area contributed by atoms with E-state index in [-0.39, 0.29) is 22.8 Å². The lowest BCUT2D eigenvalue weighted by Gasteiger charge is -2.21. The van der Waals surface area contributed by atoms with Gasteiger partial charge in [-0.1, -0.05) is 0 Å². The van der Waals surface area contributed by atoms with Gasteiger partial charge in [0.1, 0.15) is 0 Å². The molecule has 9 heteroatoms. The summed E-state index contributed by atoms with van der Waals surface area (Å²) >= 11 is 0. The molecule has 0 aliphatic carbocycles. The van der Waals surface area contributed by atoms with Crippen LogP contribution in [-0.4, -0.2) is 49.9 Å². The van der Waals surface area contributed by atoms with Crippen molar-refractivity contribution in [3.63, 3.8) is 0 Å². The lowest BCUT2D eigenvalue weighted by atomic mass is 10.1. The molecule has 8 nitrogen and oxygen atoms in total. The quantitative estimate of drug-likeness (QED) is 0.641. The third kappa shape index (κ3) is 3.50. The molecule has 1 atom stereocenters. The highest BCUT2D eigenvalue weighted by molar-refractivity contribution is 7.91. The van der Waals surface area contributed by atoms with Crippen molar-refractivity contribution in [1.29, 1.82) is 0 Å². The van der Waals surface area contributed by atoms with Crippen LogP contribution in [0.15, 0.2) is 18.2 Å². The number of anilines is 1. The molecular formula is C15H19N3O5S. The molecule has 2 aliphatic rings. The number of amides is 1. The van der Waals surface area contributed by atoms with Gasteiger partial charge in [-0.25, -0.2) is 8.42 Å². The van der Waals surface area contributed by atoms with Crippen molar-refractivity contribution in [3.8, 4) is 0 Å². The molecule has 130 valence electrons. The number of rotatable bonds is 4. The predicted molar refractivity (Wildman–Crippen MR) is 89.1 cm³/mol. The third-order valence-electron chi connectivity index (χ3n) is 4.45. The number of sulfone groups is 1. The molecule has 0 spiro atoms. The number of carbonyl (C=O) groups is 1. The molecule has 1 amide bonds. The molecule has 0 aromatic heterocycles.